The van der Waals surface area contributed by atoms with Gasteiger partial charge in [-0.15, -0.1) is 0 Å². The first kappa shape index (κ1) is 24.1. The maximum Gasteiger partial charge on any atom is -0.870 e. The summed E-state index contributed by atoms with van der Waals surface area (Å²) in [5, 5.41) is 2.63. The number of nitrogens with zero attached hydrogens (tertiary/aromatic N) is 1. The minimum Gasteiger partial charge on any atom is -0.870 e. The van der Waals surface area contributed by atoms with E-state index in [9.17, 15) is 9.59 Å². The van der Waals surface area contributed by atoms with Crippen LogP contribution in [0.25, 0.3) is 0 Å². The van der Waals surface area contributed by atoms with Crippen LogP contribution in [0.5, 0.6) is 0 Å². The van der Waals surface area contributed by atoms with Crippen LogP contribution in [-0.2, 0) is 4.79 Å². The van der Waals surface area contributed by atoms with Gasteiger partial charge in [-0.2, -0.15) is 0 Å². The number of likely N-dealkylation sites (N-methyl/N-ethyl adjacent to an activating group) is 1. The van der Waals surface area contributed by atoms with Crippen LogP contribution in [0.1, 0.15) is 10.4 Å². The first-order valence-electron chi connectivity index (χ1n) is 6.49. The van der Waals surface area contributed by atoms with Gasteiger partial charge in [-0.25, -0.2) is 0 Å². The minimum atomic E-state index is -0.249. The fourth-order valence-electron chi connectivity index (χ4n) is 1.80. The van der Waals surface area contributed by atoms with Crippen molar-refractivity contribution in [1.82, 2.24) is 5.32 Å². The summed E-state index contributed by atoms with van der Waals surface area (Å²) in [6.07, 6.45) is 0. The molecule has 0 aliphatic rings. The zero-order valence-corrected chi connectivity index (χ0v) is 15.1. The predicted octanol–water partition coefficient (Wildman–Crippen LogP) is 0.343. The van der Waals surface area contributed by atoms with Gasteiger partial charge in [0.25, 0.3) is 0 Å². The Hall–Kier alpha value is -2.20. The van der Waals surface area contributed by atoms with Crippen molar-refractivity contribution in [3.05, 3.63) is 60.2 Å². The second kappa shape index (κ2) is 11.4. The van der Waals surface area contributed by atoms with E-state index in [4.69, 9.17) is 0 Å². The maximum atomic E-state index is 12.1. The molecule has 0 aliphatic carbocycles. The third kappa shape index (κ3) is 6.51. The van der Waals surface area contributed by atoms with E-state index in [-0.39, 0.29) is 34.8 Å². The quantitative estimate of drug-likeness (QED) is 0.749. The van der Waals surface area contributed by atoms with Gasteiger partial charge in [0.2, 0.25) is 0 Å². The summed E-state index contributed by atoms with van der Waals surface area (Å²) in [6, 6.07) is 16.5. The van der Waals surface area contributed by atoms with Crippen molar-refractivity contribution in [2.45, 2.75) is 0 Å². The van der Waals surface area contributed by atoms with Crippen molar-refractivity contribution in [1.29, 1.82) is 0 Å². The van der Waals surface area contributed by atoms with E-state index in [0.717, 1.165) is 10.1 Å². The van der Waals surface area contributed by atoms with Crippen molar-refractivity contribution in [3.8, 4) is 0 Å². The molecule has 8 heteroatoms. The van der Waals surface area contributed by atoms with Crippen LogP contribution in [-0.4, -0.2) is 58.3 Å². The molecule has 24 heavy (non-hydrogen) atoms. The molecule has 0 heterocycles. The van der Waals surface area contributed by atoms with Crippen LogP contribution < -0.4 is 14.6 Å². The average Bonchev–Trinajstić information content (AvgIpc) is 2.53. The molecule has 2 aromatic carbocycles. The van der Waals surface area contributed by atoms with E-state index in [0.29, 0.717) is 5.56 Å². The van der Waals surface area contributed by atoms with Crippen LogP contribution in [0.2, 0.25) is 0 Å². The standard InChI is InChI=1S/C16H15GeN2O2.3H2O/c1-19(14-9-7-13(17)8-10-14)15(20)11-18-16(21)12-5-3-2-4-6-12;;;/h2-10H,11H2,1H3,(H,18,21);3*1H2/q+3;;;/p-3. The number of anilines is 1. The molecule has 4 N–H and O–H groups in total. The van der Waals surface area contributed by atoms with E-state index in [2.05, 4.69) is 5.32 Å². The molecule has 0 aliphatic heterocycles. The zero-order chi connectivity index (χ0) is 15.2. The Labute approximate surface area is 148 Å². The molecule has 7 nitrogen and oxygen atoms in total. The van der Waals surface area contributed by atoms with Crippen LogP contribution in [0.3, 0.4) is 0 Å². The van der Waals surface area contributed by atoms with Crippen molar-refractivity contribution in [3.63, 3.8) is 0 Å². The molecule has 0 radical (unpaired) electrons. The summed E-state index contributed by atoms with van der Waals surface area (Å²) in [5.74, 6) is -0.413. The molecular weight excluding hydrogens is 373 g/mol. The largest absolute Gasteiger partial charge is 0.870 e. The van der Waals surface area contributed by atoms with Gasteiger partial charge in [-0.3, -0.25) is 0 Å². The molecule has 0 unspecified atom stereocenters. The fourth-order valence-corrected chi connectivity index (χ4v) is 2.14. The maximum absolute atomic E-state index is 12.1. The second-order valence-corrected chi connectivity index (χ2v) is 5.76. The number of hydrogen-bond donors (Lipinski definition) is 1. The molecule has 0 aromatic heterocycles. The van der Waals surface area contributed by atoms with Crippen molar-refractivity contribution in [2.75, 3.05) is 18.5 Å². The Morgan fingerprint density at radius 2 is 1.50 bits per heavy atom. The number of amides is 2. The molecule has 2 rings (SSSR count). The second-order valence-electron chi connectivity index (χ2n) is 4.55. The van der Waals surface area contributed by atoms with Crippen molar-refractivity contribution in [2.24, 2.45) is 0 Å². The van der Waals surface area contributed by atoms with Gasteiger partial charge in [0.05, 0.1) is 0 Å². The summed E-state index contributed by atoms with van der Waals surface area (Å²) in [7, 11) is 1.70. The van der Waals surface area contributed by atoms with Crippen molar-refractivity contribution < 1.29 is 26.0 Å². The van der Waals surface area contributed by atoms with Crippen LogP contribution in [0.4, 0.5) is 5.69 Å². The molecule has 2 aromatic rings. The normalized spacial score (nSPS) is 8.79. The van der Waals surface area contributed by atoms with E-state index >= 15 is 0 Å². The summed E-state index contributed by atoms with van der Waals surface area (Å²) in [5.41, 5.74) is 1.35. The molecule has 0 saturated carbocycles. The number of carbonyl (C=O) groups excluding carboxylic acids is 2. The van der Waals surface area contributed by atoms with Gasteiger partial charge in [-0.1, -0.05) is 6.07 Å². The van der Waals surface area contributed by atoms with E-state index < -0.39 is 0 Å². The van der Waals surface area contributed by atoms with Gasteiger partial charge in [0.15, 0.2) is 0 Å². The predicted molar refractivity (Wildman–Crippen MR) is 89.8 cm³/mol. The Morgan fingerprint density at radius 3 is 2.04 bits per heavy atom. The molecule has 2 amide bonds. The average molecular weight is 391 g/mol. The third-order valence-corrected chi connectivity index (χ3v) is 3.76. The van der Waals surface area contributed by atoms with Gasteiger partial charge in [0.1, 0.15) is 0 Å². The van der Waals surface area contributed by atoms with Gasteiger partial charge in [-0.05, 0) is 0 Å². The minimum absolute atomic E-state index is 0. The van der Waals surface area contributed by atoms with Crippen LogP contribution in [0, 0.1) is 0 Å². The molecule has 0 fully saturated rings. The Morgan fingerprint density at radius 1 is 0.958 bits per heavy atom. The van der Waals surface area contributed by atoms with E-state index in [1.807, 2.05) is 46.8 Å². The number of nitrogens with one attached hydrogen (secondary N) is 1. The molecule has 0 saturated heterocycles. The Balaban J connectivity index is 0. The summed E-state index contributed by atoms with van der Waals surface area (Å²) in [4.78, 5) is 25.5. The van der Waals surface area contributed by atoms with Gasteiger partial charge >= 0.3 is 126 Å². The molecular formula is C16H18GeN2O5. The Bertz CT molecular complexity index is 635. The summed E-state index contributed by atoms with van der Waals surface area (Å²) in [6.45, 7) is -0.0297. The first-order chi connectivity index (χ1) is 10.1. The third-order valence-electron chi connectivity index (χ3n) is 3.06. The number of rotatable bonds is 4. The van der Waals surface area contributed by atoms with Crippen LogP contribution in [0.15, 0.2) is 54.6 Å². The van der Waals surface area contributed by atoms with E-state index in [1.165, 1.54) is 4.90 Å². The summed E-state index contributed by atoms with van der Waals surface area (Å²) < 4.78 is 1.14. The van der Waals surface area contributed by atoms with Crippen LogP contribution >= 0.6 is 0 Å². The fraction of sp³-hybridized carbons (Fsp3) is 0.125. The molecule has 0 atom stereocenters. The van der Waals surface area contributed by atoms with Gasteiger partial charge in [0, 0.05) is 0 Å². The smallest absolute Gasteiger partial charge is 0.870 e. The zero-order valence-electron chi connectivity index (χ0n) is 13.0. The number of carbonyl (C=O) groups is 2. The summed E-state index contributed by atoms with van der Waals surface area (Å²) >= 11 is 1.99. The number of hydrogen-bond acceptors (Lipinski definition) is 5. The first-order valence-corrected chi connectivity index (χ1v) is 7.54. The van der Waals surface area contributed by atoms with Gasteiger partial charge < -0.3 is 16.4 Å². The molecule has 0 spiro atoms. The topological polar surface area (TPSA) is 139 Å². The monoisotopic (exact) mass is 392 g/mol. The number of benzene rings is 2. The SMILES string of the molecule is CN(C(=O)CNC(=O)c1ccccc1)c1cc[c]([Ge+3])cc1.[OH-].[OH-].[OH-]. The van der Waals surface area contributed by atoms with Crippen molar-refractivity contribution >= 4 is 38.4 Å². The Kier molecular flexibility index (Phi) is 11.4. The molecule has 126 valence electrons. The molecule has 0 bridgehead atoms. The van der Waals surface area contributed by atoms with E-state index in [1.54, 1.807) is 31.3 Å².